The molecule has 1 atom stereocenters. The largest absolute Gasteiger partial charge is 0.481 e. The van der Waals surface area contributed by atoms with Gasteiger partial charge in [-0.1, -0.05) is 77.6 Å². The highest BCUT2D eigenvalue weighted by Gasteiger charge is 2.09. The van der Waals surface area contributed by atoms with Gasteiger partial charge >= 0.3 is 12.0 Å². The zero-order valence-corrected chi connectivity index (χ0v) is 15.7. The van der Waals surface area contributed by atoms with Gasteiger partial charge in [-0.05, 0) is 13.3 Å². The summed E-state index contributed by atoms with van der Waals surface area (Å²) in [6.07, 6.45) is 15.5. The molecule has 0 aliphatic carbocycles. The lowest BCUT2D eigenvalue weighted by Gasteiger charge is -2.12. The number of aliphatic carboxylic acids is 1. The molecule has 0 radical (unpaired) electrons. The van der Waals surface area contributed by atoms with Crippen molar-refractivity contribution >= 4 is 12.0 Å². The third kappa shape index (κ3) is 17.1. The maximum absolute atomic E-state index is 11.5. The number of carbonyl (C=O) groups is 2. The van der Waals surface area contributed by atoms with Crippen molar-refractivity contribution in [2.24, 2.45) is 0 Å². The third-order valence-electron chi connectivity index (χ3n) is 4.17. The van der Waals surface area contributed by atoms with E-state index in [0.29, 0.717) is 6.54 Å². The minimum absolute atomic E-state index is 0.0496. The molecule has 0 heterocycles. The van der Waals surface area contributed by atoms with E-state index < -0.39 is 5.97 Å². The van der Waals surface area contributed by atoms with Crippen molar-refractivity contribution in [1.29, 1.82) is 0 Å². The highest BCUT2D eigenvalue weighted by atomic mass is 16.4. The molecule has 0 rings (SSSR count). The Bertz CT molecular complexity index is 322. The number of hydrogen-bond acceptors (Lipinski definition) is 2. The van der Waals surface area contributed by atoms with Gasteiger partial charge in [0.2, 0.25) is 0 Å². The molecule has 142 valence electrons. The van der Waals surface area contributed by atoms with Crippen LogP contribution in [0.1, 0.15) is 97.3 Å². The number of carboxylic acids is 1. The second kappa shape index (κ2) is 16.6. The van der Waals surface area contributed by atoms with Crippen molar-refractivity contribution in [3.8, 4) is 0 Å². The van der Waals surface area contributed by atoms with Gasteiger partial charge in [0.1, 0.15) is 0 Å². The zero-order valence-electron chi connectivity index (χ0n) is 15.7. The minimum Gasteiger partial charge on any atom is -0.481 e. The first kappa shape index (κ1) is 22.7. The normalized spacial score (nSPS) is 11.9. The number of carboxylic acid groups (broad SMARTS) is 1. The van der Waals surface area contributed by atoms with E-state index in [1.807, 2.05) is 0 Å². The SMILES string of the molecule is CCCCCCCCCCCCCCNC(=O)N[C@H](C)CC(=O)O. The lowest BCUT2D eigenvalue weighted by Crippen LogP contribution is -2.41. The second-order valence-corrected chi connectivity index (χ2v) is 6.79. The molecule has 5 heteroatoms. The minimum atomic E-state index is -0.899. The standard InChI is InChI=1S/C19H38N2O3/c1-3-4-5-6-7-8-9-10-11-12-13-14-15-20-19(24)21-17(2)16-18(22)23/h17H,3-16H2,1-2H3,(H,22,23)(H2,20,21,24)/t17-/m1/s1. The monoisotopic (exact) mass is 342 g/mol. The molecule has 0 saturated heterocycles. The molecule has 2 amide bonds. The summed E-state index contributed by atoms with van der Waals surface area (Å²) < 4.78 is 0. The average Bonchev–Trinajstić information content (AvgIpc) is 2.51. The van der Waals surface area contributed by atoms with Gasteiger partial charge in [-0.3, -0.25) is 4.79 Å². The summed E-state index contributed by atoms with van der Waals surface area (Å²) in [4.78, 5) is 22.0. The van der Waals surface area contributed by atoms with Crippen molar-refractivity contribution < 1.29 is 14.7 Å². The van der Waals surface area contributed by atoms with Crippen LogP contribution in [-0.2, 0) is 4.79 Å². The van der Waals surface area contributed by atoms with Crippen LogP contribution < -0.4 is 10.6 Å². The molecular formula is C19H38N2O3. The quantitative estimate of drug-likeness (QED) is 0.351. The first-order valence-electron chi connectivity index (χ1n) is 9.82. The molecule has 0 aliphatic rings. The van der Waals surface area contributed by atoms with Gasteiger partial charge < -0.3 is 15.7 Å². The number of amides is 2. The first-order valence-corrected chi connectivity index (χ1v) is 9.82. The molecule has 0 aromatic heterocycles. The molecule has 0 bridgehead atoms. The smallest absolute Gasteiger partial charge is 0.315 e. The van der Waals surface area contributed by atoms with E-state index in [4.69, 9.17) is 5.11 Å². The van der Waals surface area contributed by atoms with Crippen LogP contribution in [0.2, 0.25) is 0 Å². The molecule has 0 aliphatic heterocycles. The van der Waals surface area contributed by atoms with Crippen LogP contribution in [0, 0.1) is 0 Å². The van der Waals surface area contributed by atoms with Gasteiger partial charge in [-0.15, -0.1) is 0 Å². The molecule has 0 aromatic carbocycles. The lowest BCUT2D eigenvalue weighted by atomic mass is 10.1. The summed E-state index contributed by atoms with van der Waals surface area (Å²) in [7, 11) is 0. The Morgan fingerprint density at radius 2 is 1.29 bits per heavy atom. The van der Waals surface area contributed by atoms with Crippen LogP contribution in [0.5, 0.6) is 0 Å². The molecule has 0 saturated carbocycles. The fourth-order valence-electron chi connectivity index (χ4n) is 2.76. The van der Waals surface area contributed by atoms with Gasteiger partial charge in [-0.25, -0.2) is 4.79 Å². The number of urea groups is 1. The highest BCUT2D eigenvalue weighted by Crippen LogP contribution is 2.11. The van der Waals surface area contributed by atoms with Crippen molar-refractivity contribution in [2.75, 3.05) is 6.54 Å². The molecule has 3 N–H and O–H groups in total. The summed E-state index contributed by atoms with van der Waals surface area (Å²) in [5.41, 5.74) is 0. The second-order valence-electron chi connectivity index (χ2n) is 6.79. The Labute approximate surface area is 148 Å². The van der Waals surface area contributed by atoms with Gasteiger partial charge in [0.25, 0.3) is 0 Å². The van der Waals surface area contributed by atoms with Crippen molar-refractivity contribution in [3.63, 3.8) is 0 Å². The van der Waals surface area contributed by atoms with E-state index in [1.165, 1.54) is 64.2 Å². The number of nitrogens with one attached hydrogen (secondary N) is 2. The van der Waals surface area contributed by atoms with Crippen LogP contribution in [-0.4, -0.2) is 29.7 Å². The van der Waals surface area contributed by atoms with Crippen LogP contribution in [0.15, 0.2) is 0 Å². The van der Waals surface area contributed by atoms with Gasteiger partial charge in [0.05, 0.1) is 6.42 Å². The van der Waals surface area contributed by atoms with Crippen LogP contribution in [0.25, 0.3) is 0 Å². The predicted octanol–water partition coefficient (Wildman–Crippen LogP) is 4.85. The Morgan fingerprint density at radius 1 is 0.833 bits per heavy atom. The molecule has 24 heavy (non-hydrogen) atoms. The Morgan fingerprint density at radius 3 is 1.75 bits per heavy atom. The summed E-state index contributed by atoms with van der Waals surface area (Å²) in [6.45, 7) is 4.60. The summed E-state index contributed by atoms with van der Waals surface area (Å²) in [6, 6.07) is -0.615. The van der Waals surface area contributed by atoms with Crippen molar-refractivity contribution in [1.82, 2.24) is 10.6 Å². The maximum Gasteiger partial charge on any atom is 0.315 e. The van der Waals surface area contributed by atoms with Gasteiger partial charge in [0.15, 0.2) is 0 Å². The number of unbranched alkanes of at least 4 members (excludes halogenated alkanes) is 11. The van der Waals surface area contributed by atoms with E-state index in [9.17, 15) is 9.59 Å². The van der Waals surface area contributed by atoms with Crippen molar-refractivity contribution in [3.05, 3.63) is 0 Å². The fraction of sp³-hybridized carbons (Fsp3) is 0.895. The Kier molecular flexibility index (Phi) is 15.7. The Balaban J connectivity index is 3.24. The lowest BCUT2D eigenvalue weighted by molar-refractivity contribution is -0.137. The Hall–Kier alpha value is -1.26. The molecule has 0 unspecified atom stereocenters. The van der Waals surface area contributed by atoms with E-state index in [1.54, 1.807) is 6.92 Å². The van der Waals surface area contributed by atoms with Crippen LogP contribution in [0.3, 0.4) is 0 Å². The first-order chi connectivity index (χ1) is 11.6. The van der Waals surface area contributed by atoms with Crippen LogP contribution in [0.4, 0.5) is 4.79 Å². The van der Waals surface area contributed by atoms with Gasteiger partial charge in [0, 0.05) is 12.6 Å². The summed E-state index contributed by atoms with van der Waals surface area (Å²) in [5, 5.41) is 14.0. The van der Waals surface area contributed by atoms with Gasteiger partial charge in [-0.2, -0.15) is 0 Å². The predicted molar refractivity (Wildman–Crippen MR) is 99.3 cm³/mol. The highest BCUT2D eigenvalue weighted by molar-refractivity contribution is 5.75. The maximum atomic E-state index is 11.5. The molecule has 0 spiro atoms. The molecule has 0 aromatic rings. The molecule has 0 fully saturated rings. The zero-order chi connectivity index (χ0) is 18.0. The van der Waals surface area contributed by atoms with E-state index in [2.05, 4.69) is 17.6 Å². The van der Waals surface area contributed by atoms with E-state index in [-0.39, 0.29) is 18.5 Å². The molecular weight excluding hydrogens is 304 g/mol. The number of carbonyl (C=O) groups excluding carboxylic acids is 1. The number of hydrogen-bond donors (Lipinski definition) is 3. The summed E-state index contributed by atoms with van der Waals surface area (Å²) >= 11 is 0. The topological polar surface area (TPSA) is 78.4 Å². The van der Waals surface area contributed by atoms with E-state index in [0.717, 1.165) is 12.8 Å². The summed E-state index contributed by atoms with van der Waals surface area (Å²) in [5.74, 6) is -0.899. The third-order valence-corrected chi connectivity index (χ3v) is 4.17. The van der Waals surface area contributed by atoms with Crippen LogP contribution >= 0.6 is 0 Å². The fourth-order valence-corrected chi connectivity index (χ4v) is 2.76. The average molecular weight is 343 g/mol. The molecule has 5 nitrogen and oxygen atoms in total. The number of rotatable bonds is 16. The van der Waals surface area contributed by atoms with Crippen molar-refractivity contribution in [2.45, 2.75) is 103 Å². The van der Waals surface area contributed by atoms with E-state index >= 15 is 0 Å².